The minimum Gasteiger partial charge on any atom is -0.497 e. The van der Waals surface area contributed by atoms with Crippen LogP contribution in [-0.2, 0) is 0 Å². The lowest BCUT2D eigenvalue weighted by atomic mass is 10.2. The van der Waals surface area contributed by atoms with Gasteiger partial charge in [-0.2, -0.15) is 0 Å². The lowest BCUT2D eigenvalue weighted by Crippen LogP contribution is -1.97. The maximum Gasteiger partial charge on any atom is 0.119 e. The Hall–Kier alpha value is -1.44. The molecule has 0 fully saturated rings. The lowest BCUT2D eigenvalue weighted by Gasteiger charge is -2.09. The third-order valence-electron chi connectivity index (χ3n) is 2.48. The maximum atomic E-state index is 5.18. The maximum absolute atomic E-state index is 5.18. The lowest BCUT2D eigenvalue weighted by molar-refractivity contribution is 0.415. The van der Waals surface area contributed by atoms with Crippen molar-refractivity contribution >= 4 is 10.9 Å². The highest BCUT2D eigenvalue weighted by atomic mass is 16.5. The molecule has 0 unspecified atom stereocenters. The van der Waals surface area contributed by atoms with Crippen LogP contribution in [0.15, 0.2) is 30.5 Å². The van der Waals surface area contributed by atoms with Crippen molar-refractivity contribution in [3.63, 3.8) is 0 Å². The molecule has 0 aliphatic rings. The SMILES string of the molecule is COc1ccc2c(ccn2C(C)C)c1. The third kappa shape index (κ3) is 1.37. The van der Waals surface area contributed by atoms with Crippen LogP contribution in [0.2, 0.25) is 0 Å². The topological polar surface area (TPSA) is 14.2 Å². The Balaban J connectivity index is 2.59. The molecule has 0 bridgehead atoms. The molecule has 2 rings (SSSR count). The van der Waals surface area contributed by atoms with Crippen molar-refractivity contribution in [2.24, 2.45) is 0 Å². The van der Waals surface area contributed by atoms with E-state index in [9.17, 15) is 0 Å². The summed E-state index contributed by atoms with van der Waals surface area (Å²) in [5, 5.41) is 1.23. The van der Waals surface area contributed by atoms with E-state index in [0.717, 1.165) is 5.75 Å². The van der Waals surface area contributed by atoms with Crippen LogP contribution in [-0.4, -0.2) is 11.7 Å². The van der Waals surface area contributed by atoms with Gasteiger partial charge < -0.3 is 9.30 Å². The second-order valence-corrected chi connectivity index (χ2v) is 3.74. The Kier molecular flexibility index (Phi) is 2.20. The summed E-state index contributed by atoms with van der Waals surface area (Å²) in [6, 6.07) is 8.79. The number of hydrogen-bond donors (Lipinski definition) is 0. The van der Waals surface area contributed by atoms with Gasteiger partial charge in [-0.3, -0.25) is 0 Å². The molecule has 0 aliphatic heterocycles. The van der Waals surface area contributed by atoms with Gasteiger partial charge in [0.15, 0.2) is 0 Å². The monoisotopic (exact) mass is 189 g/mol. The molecule has 0 spiro atoms. The first kappa shape index (κ1) is 9.13. The molecule has 14 heavy (non-hydrogen) atoms. The summed E-state index contributed by atoms with van der Waals surface area (Å²) in [5.74, 6) is 0.916. The highest BCUT2D eigenvalue weighted by Crippen LogP contribution is 2.24. The molecular formula is C12H15NO. The summed E-state index contributed by atoms with van der Waals surface area (Å²) in [7, 11) is 1.70. The number of ether oxygens (including phenoxy) is 1. The number of fused-ring (bicyclic) bond motifs is 1. The van der Waals surface area contributed by atoms with Crippen LogP contribution in [0, 0.1) is 0 Å². The Labute approximate surface area is 84.1 Å². The van der Waals surface area contributed by atoms with Gasteiger partial charge in [0.2, 0.25) is 0 Å². The summed E-state index contributed by atoms with van der Waals surface area (Å²) in [6.07, 6.45) is 2.12. The molecule has 74 valence electrons. The van der Waals surface area contributed by atoms with Gasteiger partial charge in [-0.25, -0.2) is 0 Å². The largest absolute Gasteiger partial charge is 0.497 e. The zero-order chi connectivity index (χ0) is 10.1. The molecule has 0 aliphatic carbocycles. The van der Waals surface area contributed by atoms with E-state index in [-0.39, 0.29) is 0 Å². The van der Waals surface area contributed by atoms with E-state index in [1.165, 1.54) is 10.9 Å². The molecule has 2 aromatic rings. The van der Waals surface area contributed by atoms with Gasteiger partial charge in [-0.05, 0) is 38.1 Å². The Bertz CT molecular complexity index is 443. The van der Waals surface area contributed by atoms with Crippen molar-refractivity contribution in [2.75, 3.05) is 7.11 Å². The molecule has 0 N–H and O–H groups in total. The molecule has 0 amide bonds. The molecule has 0 radical (unpaired) electrons. The molecule has 1 heterocycles. The van der Waals surface area contributed by atoms with Gasteiger partial charge in [-0.1, -0.05) is 0 Å². The fourth-order valence-corrected chi connectivity index (χ4v) is 1.72. The van der Waals surface area contributed by atoms with Gasteiger partial charge in [-0.15, -0.1) is 0 Å². The van der Waals surface area contributed by atoms with Crippen molar-refractivity contribution in [3.8, 4) is 5.75 Å². The van der Waals surface area contributed by atoms with E-state index in [4.69, 9.17) is 4.74 Å². The van der Waals surface area contributed by atoms with Crippen molar-refractivity contribution in [3.05, 3.63) is 30.5 Å². The first-order valence-electron chi connectivity index (χ1n) is 4.87. The highest BCUT2D eigenvalue weighted by Gasteiger charge is 2.04. The fraction of sp³-hybridized carbons (Fsp3) is 0.333. The molecule has 0 saturated heterocycles. The van der Waals surface area contributed by atoms with E-state index < -0.39 is 0 Å². The van der Waals surface area contributed by atoms with Crippen LogP contribution >= 0.6 is 0 Å². The molecule has 1 aromatic carbocycles. The van der Waals surface area contributed by atoms with Crippen LogP contribution in [0.3, 0.4) is 0 Å². The van der Waals surface area contributed by atoms with Crippen molar-refractivity contribution in [1.82, 2.24) is 4.57 Å². The molecule has 0 atom stereocenters. The summed E-state index contributed by atoms with van der Waals surface area (Å²) < 4.78 is 7.44. The van der Waals surface area contributed by atoms with Crippen molar-refractivity contribution in [2.45, 2.75) is 19.9 Å². The Morgan fingerprint density at radius 1 is 1.21 bits per heavy atom. The van der Waals surface area contributed by atoms with Crippen molar-refractivity contribution < 1.29 is 4.74 Å². The van der Waals surface area contributed by atoms with Gasteiger partial charge in [0.1, 0.15) is 5.75 Å². The molecule has 2 nitrogen and oxygen atoms in total. The second kappa shape index (κ2) is 3.37. The number of aromatic nitrogens is 1. The summed E-state index contributed by atoms with van der Waals surface area (Å²) >= 11 is 0. The predicted octanol–water partition coefficient (Wildman–Crippen LogP) is 3.23. The van der Waals surface area contributed by atoms with Crippen LogP contribution in [0.1, 0.15) is 19.9 Å². The number of rotatable bonds is 2. The van der Waals surface area contributed by atoms with Gasteiger partial charge in [0, 0.05) is 23.1 Å². The van der Waals surface area contributed by atoms with Crippen LogP contribution < -0.4 is 4.74 Å². The van der Waals surface area contributed by atoms with Crippen LogP contribution in [0.5, 0.6) is 5.75 Å². The van der Waals surface area contributed by atoms with E-state index in [1.807, 2.05) is 6.07 Å². The average Bonchev–Trinajstić information content (AvgIpc) is 2.59. The molecule has 1 aromatic heterocycles. The van der Waals surface area contributed by atoms with Crippen LogP contribution in [0.25, 0.3) is 10.9 Å². The number of hydrogen-bond acceptors (Lipinski definition) is 1. The van der Waals surface area contributed by atoms with Crippen LogP contribution in [0.4, 0.5) is 0 Å². The average molecular weight is 189 g/mol. The summed E-state index contributed by atoms with van der Waals surface area (Å²) in [5.41, 5.74) is 1.26. The molecular weight excluding hydrogens is 174 g/mol. The minimum absolute atomic E-state index is 0.501. The first-order chi connectivity index (χ1) is 6.72. The minimum atomic E-state index is 0.501. The molecule has 2 heteroatoms. The van der Waals surface area contributed by atoms with Crippen molar-refractivity contribution in [1.29, 1.82) is 0 Å². The summed E-state index contributed by atoms with van der Waals surface area (Å²) in [6.45, 7) is 4.37. The van der Waals surface area contributed by atoms with E-state index in [2.05, 4.69) is 42.8 Å². The quantitative estimate of drug-likeness (QED) is 0.707. The zero-order valence-corrected chi connectivity index (χ0v) is 8.82. The zero-order valence-electron chi connectivity index (χ0n) is 8.82. The number of methoxy groups -OCH3 is 1. The van der Waals surface area contributed by atoms with E-state index in [0.29, 0.717) is 6.04 Å². The Morgan fingerprint density at radius 3 is 2.64 bits per heavy atom. The summed E-state index contributed by atoms with van der Waals surface area (Å²) in [4.78, 5) is 0. The molecule has 0 saturated carbocycles. The first-order valence-corrected chi connectivity index (χ1v) is 4.87. The normalized spacial score (nSPS) is 11.1. The number of benzene rings is 1. The van der Waals surface area contributed by atoms with Gasteiger partial charge in [0.05, 0.1) is 7.11 Å². The standard InChI is InChI=1S/C12H15NO/c1-9(2)13-7-6-10-8-11(14-3)4-5-12(10)13/h4-9H,1-3H3. The smallest absolute Gasteiger partial charge is 0.119 e. The fourth-order valence-electron chi connectivity index (χ4n) is 1.72. The highest BCUT2D eigenvalue weighted by molar-refractivity contribution is 5.81. The van der Waals surface area contributed by atoms with E-state index in [1.54, 1.807) is 7.11 Å². The predicted molar refractivity (Wildman–Crippen MR) is 58.9 cm³/mol. The number of nitrogens with zero attached hydrogens (tertiary/aromatic N) is 1. The van der Waals surface area contributed by atoms with Gasteiger partial charge in [0.25, 0.3) is 0 Å². The van der Waals surface area contributed by atoms with E-state index >= 15 is 0 Å². The Morgan fingerprint density at radius 2 is 2.00 bits per heavy atom. The second-order valence-electron chi connectivity index (χ2n) is 3.74. The third-order valence-corrected chi connectivity index (χ3v) is 2.48. The van der Waals surface area contributed by atoms with Gasteiger partial charge >= 0.3 is 0 Å².